The van der Waals surface area contributed by atoms with Gasteiger partial charge in [-0.15, -0.1) is 0 Å². The normalized spacial score (nSPS) is 21.9. The minimum atomic E-state index is -0.733. The summed E-state index contributed by atoms with van der Waals surface area (Å²) in [5.74, 6) is 0.937. The molecule has 2 aliphatic rings. The second kappa shape index (κ2) is 12.3. The number of carbonyl (C=O) groups excluding carboxylic acids is 1. The van der Waals surface area contributed by atoms with Crippen molar-refractivity contribution in [1.82, 2.24) is 0 Å². The molecular formula is C27H31Cl2FO5. The highest BCUT2D eigenvalue weighted by Gasteiger charge is 2.31. The summed E-state index contributed by atoms with van der Waals surface area (Å²) in [4.78, 5) is 11.7. The Morgan fingerprint density at radius 2 is 1.83 bits per heavy atom. The molecule has 0 aromatic heterocycles. The van der Waals surface area contributed by atoms with Gasteiger partial charge in [0.15, 0.2) is 0 Å². The first kappa shape index (κ1) is 26.1. The molecule has 0 bridgehead atoms. The van der Waals surface area contributed by atoms with Gasteiger partial charge in [0.05, 0.1) is 24.2 Å². The molecule has 1 saturated heterocycles. The standard InChI is InChI=1S/C27H31Cl2FO5/c28-18-12-24(27(25(29)13-18)34-16-22-14-20(31)15-26(32)35-22)23(17-4-2-1-3-5-17)10-11-33-21-8-6-19(30)7-9-21/h6-9,12-13,17,20,22-23,31H,1-5,10-11,14-16H2/t20-,22+,23?/m1/s1. The van der Waals surface area contributed by atoms with Gasteiger partial charge in [0, 0.05) is 17.0 Å². The Labute approximate surface area is 215 Å². The van der Waals surface area contributed by atoms with Gasteiger partial charge in [-0.2, -0.15) is 0 Å². The Morgan fingerprint density at radius 3 is 2.54 bits per heavy atom. The maximum atomic E-state index is 13.2. The molecule has 190 valence electrons. The van der Waals surface area contributed by atoms with Crippen molar-refractivity contribution < 1.29 is 28.5 Å². The number of hydrogen-bond donors (Lipinski definition) is 1. The van der Waals surface area contributed by atoms with Gasteiger partial charge in [0.1, 0.15) is 30.0 Å². The Kier molecular flexibility index (Phi) is 9.15. The highest BCUT2D eigenvalue weighted by atomic mass is 35.5. The van der Waals surface area contributed by atoms with Crippen molar-refractivity contribution in [2.24, 2.45) is 5.92 Å². The fourth-order valence-electron chi connectivity index (χ4n) is 5.16. The molecule has 0 amide bonds. The van der Waals surface area contributed by atoms with Gasteiger partial charge in [-0.1, -0.05) is 42.5 Å². The molecule has 2 aromatic carbocycles. The largest absolute Gasteiger partial charge is 0.494 e. The van der Waals surface area contributed by atoms with E-state index in [9.17, 15) is 14.3 Å². The van der Waals surface area contributed by atoms with Crippen molar-refractivity contribution in [2.45, 2.75) is 69.5 Å². The zero-order valence-corrected chi connectivity index (χ0v) is 21.1. The van der Waals surface area contributed by atoms with Crippen molar-refractivity contribution in [3.63, 3.8) is 0 Å². The Bertz CT molecular complexity index is 994. The van der Waals surface area contributed by atoms with Crippen LogP contribution in [0, 0.1) is 11.7 Å². The smallest absolute Gasteiger partial charge is 0.308 e. The highest BCUT2D eigenvalue weighted by Crippen LogP contribution is 2.45. The van der Waals surface area contributed by atoms with Crippen LogP contribution in [0.25, 0.3) is 0 Å². The third-order valence-corrected chi connectivity index (χ3v) is 7.31. The molecule has 1 N–H and O–H groups in total. The van der Waals surface area contributed by atoms with E-state index in [0.29, 0.717) is 46.9 Å². The molecule has 0 spiro atoms. The molecule has 1 saturated carbocycles. The lowest BCUT2D eigenvalue weighted by Crippen LogP contribution is -2.36. The molecule has 1 unspecified atom stereocenters. The number of halogens is 3. The van der Waals surface area contributed by atoms with Crippen LogP contribution in [0.3, 0.4) is 0 Å². The number of cyclic esters (lactones) is 1. The Morgan fingerprint density at radius 1 is 1.09 bits per heavy atom. The van der Waals surface area contributed by atoms with Gasteiger partial charge in [0.2, 0.25) is 0 Å². The van der Waals surface area contributed by atoms with E-state index in [2.05, 4.69) is 0 Å². The predicted molar refractivity (Wildman–Crippen MR) is 133 cm³/mol. The van der Waals surface area contributed by atoms with Gasteiger partial charge < -0.3 is 19.3 Å². The quantitative estimate of drug-likeness (QED) is 0.369. The summed E-state index contributed by atoms with van der Waals surface area (Å²) >= 11 is 13.0. The zero-order chi connectivity index (χ0) is 24.8. The first-order valence-corrected chi connectivity index (χ1v) is 13.0. The topological polar surface area (TPSA) is 65.0 Å². The van der Waals surface area contributed by atoms with Gasteiger partial charge >= 0.3 is 5.97 Å². The summed E-state index contributed by atoms with van der Waals surface area (Å²) in [5.41, 5.74) is 0.916. The van der Waals surface area contributed by atoms with E-state index in [0.717, 1.165) is 18.4 Å². The number of carbonyl (C=O) groups is 1. The lowest BCUT2D eigenvalue weighted by molar-refractivity contribution is -0.162. The van der Waals surface area contributed by atoms with Gasteiger partial charge in [-0.25, -0.2) is 4.39 Å². The van der Waals surface area contributed by atoms with E-state index in [1.165, 1.54) is 31.4 Å². The van der Waals surface area contributed by atoms with Crippen molar-refractivity contribution >= 4 is 29.2 Å². The highest BCUT2D eigenvalue weighted by molar-refractivity contribution is 6.35. The van der Waals surface area contributed by atoms with Crippen molar-refractivity contribution in [1.29, 1.82) is 0 Å². The van der Waals surface area contributed by atoms with Crippen LogP contribution in [0.15, 0.2) is 36.4 Å². The average Bonchev–Trinajstić information content (AvgIpc) is 2.82. The molecule has 1 aliphatic heterocycles. The lowest BCUT2D eigenvalue weighted by atomic mass is 9.75. The molecule has 1 aliphatic carbocycles. The third kappa shape index (κ3) is 7.25. The van der Waals surface area contributed by atoms with E-state index in [4.69, 9.17) is 37.4 Å². The molecule has 3 atom stereocenters. The Balaban J connectivity index is 1.53. The fraction of sp³-hybridized carbons (Fsp3) is 0.519. The van der Waals surface area contributed by atoms with Gasteiger partial charge in [-0.3, -0.25) is 4.79 Å². The number of esters is 1. The number of aliphatic hydroxyl groups excluding tert-OH is 1. The molecule has 8 heteroatoms. The summed E-state index contributed by atoms with van der Waals surface area (Å²) in [5, 5.41) is 10.8. The van der Waals surface area contributed by atoms with Crippen LogP contribution < -0.4 is 9.47 Å². The summed E-state index contributed by atoms with van der Waals surface area (Å²) in [6, 6.07) is 9.56. The first-order valence-electron chi connectivity index (χ1n) is 12.3. The summed E-state index contributed by atoms with van der Waals surface area (Å²) < 4.78 is 30.6. The van der Waals surface area contributed by atoms with Crippen molar-refractivity contribution in [3.05, 3.63) is 57.8 Å². The molecule has 4 rings (SSSR count). The van der Waals surface area contributed by atoms with Crippen molar-refractivity contribution in [3.8, 4) is 11.5 Å². The van der Waals surface area contributed by atoms with Gasteiger partial charge in [-0.05, 0) is 67.5 Å². The fourth-order valence-corrected chi connectivity index (χ4v) is 5.73. The zero-order valence-electron chi connectivity index (χ0n) is 19.6. The second-order valence-corrected chi connectivity index (χ2v) is 10.3. The number of hydrogen-bond acceptors (Lipinski definition) is 5. The van der Waals surface area contributed by atoms with Crippen molar-refractivity contribution in [2.75, 3.05) is 13.2 Å². The minimum absolute atomic E-state index is 0.00125. The maximum Gasteiger partial charge on any atom is 0.308 e. The van der Waals surface area contributed by atoms with Crippen LogP contribution in [0.4, 0.5) is 4.39 Å². The monoisotopic (exact) mass is 524 g/mol. The summed E-state index contributed by atoms with van der Waals surface area (Å²) in [6.07, 6.45) is 5.51. The molecule has 5 nitrogen and oxygen atoms in total. The number of benzene rings is 2. The molecule has 0 radical (unpaired) electrons. The van der Waals surface area contributed by atoms with Crippen LogP contribution in [0.5, 0.6) is 11.5 Å². The molecule has 2 aromatic rings. The second-order valence-electron chi connectivity index (χ2n) is 9.42. The molecule has 35 heavy (non-hydrogen) atoms. The number of ether oxygens (including phenoxy) is 3. The maximum absolute atomic E-state index is 13.2. The third-order valence-electron chi connectivity index (χ3n) is 6.82. The molecule has 1 heterocycles. The van der Waals surface area contributed by atoms with Crippen LogP contribution in [0.1, 0.15) is 62.8 Å². The average molecular weight is 525 g/mol. The number of aliphatic hydroxyl groups is 1. The number of rotatable bonds is 9. The van der Waals surface area contributed by atoms with Gasteiger partial charge in [0.25, 0.3) is 0 Å². The van der Waals surface area contributed by atoms with E-state index in [1.807, 2.05) is 6.07 Å². The summed E-state index contributed by atoms with van der Waals surface area (Å²) in [7, 11) is 0. The van der Waals surface area contributed by atoms with Crippen LogP contribution in [-0.2, 0) is 9.53 Å². The Hall–Kier alpha value is -2.02. The van der Waals surface area contributed by atoms with Crippen LogP contribution in [-0.4, -0.2) is 36.5 Å². The summed E-state index contributed by atoms with van der Waals surface area (Å²) in [6.45, 7) is 0.545. The van der Waals surface area contributed by atoms with E-state index >= 15 is 0 Å². The van der Waals surface area contributed by atoms with E-state index in [-0.39, 0.29) is 24.8 Å². The molecule has 2 fully saturated rings. The predicted octanol–water partition coefficient (Wildman–Crippen LogP) is 6.71. The first-order chi connectivity index (χ1) is 16.9. The van der Waals surface area contributed by atoms with Crippen LogP contribution >= 0.6 is 23.2 Å². The SMILES string of the molecule is O=C1C[C@H](O)C[C@@H](COc2c(Cl)cc(Cl)cc2C(CCOc2ccc(F)cc2)C2CCCCC2)O1. The van der Waals surface area contributed by atoms with E-state index < -0.39 is 18.2 Å². The molecular weight excluding hydrogens is 494 g/mol. The van der Waals surface area contributed by atoms with Crippen LogP contribution in [0.2, 0.25) is 10.0 Å². The van der Waals surface area contributed by atoms with E-state index in [1.54, 1.807) is 18.2 Å². The minimum Gasteiger partial charge on any atom is -0.494 e. The lowest BCUT2D eigenvalue weighted by Gasteiger charge is -2.33.